The molecule has 0 aliphatic carbocycles. The monoisotopic (exact) mass is 414 g/mol. The highest BCUT2D eigenvalue weighted by molar-refractivity contribution is 5.78. The normalized spacial score (nSPS) is 18.6. The Hall–Kier alpha value is -2.51. The first-order valence-corrected chi connectivity index (χ1v) is 10.6. The molecule has 2 aromatic carbocycles. The van der Waals surface area contributed by atoms with Crippen molar-refractivity contribution in [2.75, 3.05) is 63.8 Å². The Morgan fingerprint density at radius 1 is 0.733 bits per heavy atom. The average Bonchev–Trinajstić information content (AvgIpc) is 2.77. The van der Waals surface area contributed by atoms with Gasteiger partial charge in [0.15, 0.2) is 0 Å². The van der Waals surface area contributed by atoms with Crippen molar-refractivity contribution >= 4 is 11.6 Å². The third kappa shape index (κ3) is 4.96. The Kier molecular flexibility index (Phi) is 6.59. The van der Waals surface area contributed by atoms with Gasteiger partial charge in [0.25, 0.3) is 0 Å². The van der Waals surface area contributed by atoms with Gasteiger partial charge in [-0.15, -0.1) is 0 Å². The van der Waals surface area contributed by atoms with E-state index < -0.39 is 0 Å². The van der Waals surface area contributed by atoms with Crippen molar-refractivity contribution in [3.63, 3.8) is 0 Å². The first-order valence-electron chi connectivity index (χ1n) is 10.6. The van der Waals surface area contributed by atoms with Gasteiger partial charge >= 0.3 is 0 Å². The van der Waals surface area contributed by atoms with Crippen LogP contribution in [0.3, 0.4) is 0 Å². The van der Waals surface area contributed by atoms with Crippen molar-refractivity contribution < 1.29 is 13.6 Å². The molecule has 5 nitrogen and oxygen atoms in total. The number of nitrogens with zero attached hydrogens (tertiary/aromatic N) is 4. The molecule has 2 saturated heterocycles. The molecule has 2 aliphatic heterocycles. The number of benzene rings is 2. The number of carbonyl (C=O) groups excluding carboxylic acids is 1. The van der Waals surface area contributed by atoms with Crippen molar-refractivity contribution in [3.05, 3.63) is 65.7 Å². The summed E-state index contributed by atoms with van der Waals surface area (Å²) in [5.41, 5.74) is 1.32. The highest BCUT2D eigenvalue weighted by Crippen LogP contribution is 2.20. The van der Waals surface area contributed by atoms with Gasteiger partial charge in [0.1, 0.15) is 11.6 Å². The maximum atomic E-state index is 14.0. The standard InChI is InChI=1S/C23H28F2N4O/c24-20-6-2-1-5-19(20)17-26-9-11-27(12-10-26)18-23(30)29-15-13-28(14-16-29)22-8-4-3-7-21(22)25/h1-8H,9-18H2. The zero-order valence-corrected chi connectivity index (χ0v) is 17.1. The van der Waals surface area contributed by atoms with E-state index in [0.29, 0.717) is 45.0 Å². The van der Waals surface area contributed by atoms with E-state index in [1.165, 1.54) is 12.1 Å². The number of amides is 1. The van der Waals surface area contributed by atoms with E-state index in [1.807, 2.05) is 28.0 Å². The molecule has 0 N–H and O–H groups in total. The van der Waals surface area contributed by atoms with Gasteiger partial charge in [0.05, 0.1) is 12.2 Å². The highest BCUT2D eigenvalue weighted by Gasteiger charge is 2.25. The van der Waals surface area contributed by atoms with E-state index in [9.17, 15) is 13.6 Å². The van der Waals surface area contributed by atoms with Gasteiger partial charge in [-0.3, -0.25) is 14.6 Å². The Balaban J connectivity index is 1.21. The van der Waals surface area contributed by atoms with Crippen LogP contribution >= 0.6 is 0 Å². The molecule has 0 aromatic heterocycles. The predicted molar refractivity (Wildman–Crippen MR) is 113 cm³/mol. The number of hydrogen-bond donors (Lipinski definition) is 0. The number of para-hydroxylation sites is 1. The maximum absolute atomic E-state index is 14.0. The van der Waals surface area contributed by atoms with Crippen LogP contribution in [0.5, 0.6) is 0 Å². The Morgan fingerprint density at radius 2 is 1.33 bits per heavy atom. The first-order chi connectivity index (χ1) is 14.6. The van der Waals surface area contributed by atoms with E-state index in [1.54, 1.807) is 18.2 Å². The lowest BCUT2D eigenvalue weighted by Gasteiger charge is -2.38. The Bertz CT molecular complexity index is 862. The van der Waals surface area contributed by atoms with Crippen LogP contribution in [0.4, 0.5) is 14.5 Å². The number of halogens is 2. The van der Waals surface area contributed by atoms with E-state index in [-0.39, 0.29) is 17.5 Å². The van der Waals surface area contributed by atoms with E-state index in [0.717, 1.165) is 31.7 Å². The molecule has 4 rings (SSSR count). The fraction of sp³-hybridized carbons (Fsp3) is 0.435. The fourth-order valence-electron chi connectivity index (χ4n) is 4.17. The number of piperazine rings is 2. The van der Waals surface area contributed by atoms with Crippen LogP contribution in [-0.2, 0) is 11.3 Å². The molecule has 2 aromatic rings. The summed E-state index contributed by atoms with van der Waals surface area (Å²) in [6.07, 6.45) is 0. The second-order valence-electron chi connectivity index (χ2n) is 7.96. The van der Waals surface area contributed by atoms with Gasteiger partial charge in [-0.25, -0.2) is 8.78 Å². The van der Waals surface area contributed by atoms with Crippen LogP contribution in [0, 0.1) is 11.6 Å². The number of rotatable bonds is 5. The van der Waals surface area contributed by atoms with Crippen LogP contribution in [-0.4, -0.2) is 79.5 Å². The third-order valence-corrected chi connectivity index (χ3v) is 6.00. The minimum absolute atomic E-state index is 0.130. The molecule has 0 unspecified atom stereocenters. The molecule has 7 heteroatoms. The second-order valence-corrected chi connectivity index (χ2v) is 7.96. The number of anilines is 1. The maximum Gasteiger partial charge on any atom is 0.236 e. The molecule has 2 heterocycles. The predicted octanol–water partition coefficient (Wildman–Crippen LogP) is 2.43. The lowest BCUT2D eigenvalue weighted by atomic mass is 10.2. The minimum Gasteiger partial charge on any atom is -0.366 e. The number of carbonyl (C=O) groups is 1. The van der Waals surface area contributed by atoms with Gasteiger partial charge in [0.2, 0.25) is 5.91 Å². The van der Waals surface area contributed by atoms with Crippen LogP contribution in [0.25, 0.3) is 0 Å². The van der Waals surface area contributed by atoms with E-state index in [2.05, 4.69) is 9.80 Å². The highest BCUT2D eigenvalue weighted by atomic mass is 19.1. The van der Waals surface area contributed by atoms with E-state index in [4.69, 9.17) is 0 Å². The molecule has 0 radical (unpaired) electrons. The van der Waals surface area contributed by atoms with Gasteiger partial charge in [-0.2, -0.15) is 0 Å². The molecule has 0 bridgehead atoms. The molecule has 2 fully saturated rings. The topological polar surface area (TPSA) is 30.0 Å². The molecule has 160 valence electrons. The SMILES string of the molecule is O=C(CN1CCN(Cc2ccccc2F)CC1)N1CCN(c2ccccc2F)CC1. The van der Waals surface area contributed by atoms with E-state index >= 15 is 0 Å². The summed E-state index contributed by atoms with van der Waals surface area (Å²) in [4.78, 5) is 21.0. The smallest absolute Gasteiger partial charge is 0.236 e. The van der Waals surface area contributed by atoms with Crippen molar-refractivity contribution in [1.82, 2.24) is 14.7 Å². The van der Waals surface area contributed by atoms with Gasteiger partial charge in [-0.1, -0.05) is 30.3 Å². The van der Waals surface area contributed by atoms with Crippen LogP contribution < -0.4 is 4.90 Å². The number of hydrogen-bond acceptors (Lipinski definition) is 4. The fourth-order valence-corrected chi connectivity index (χ4v) is 4.17. The van der Waals surface area contributed by atoms with Crippen LogP contribution in [0.1, 0.15) is 5.56 Å². The summed E-state index contributed by atoms with van der Waals surface area (Å²) in [5.74, 6) is -0.249. The van der Waals surface area contributed by atoms with Crippen molar-refractivity contribution in [1.29, 1.82) is 0 Å². The summed E-state index contributed by atoms with van der Waals surface area (Å²) in [6.45, 7) is 6.77. The average molecular weight is 415 g/mol. The molecular formula is C23H28F2N4O. The van der Waals surface area contributed by atoms with Crippen molar-refractivity contribution in [3.8, 4) is 0 Å². The lowest BCUT2D eigenvalue weighted by molar-refractivity contribution is -0.133. The molecule has 2 aliphatic rings. The molecule has 1 amide bonds. The Morgan fingerprint density at radius 3 is 2.00 bits per heavy atom. The summed E-state index contributed by atoms with van der Waals surface area (Å²) in [6, 6.07) is 13.7. The minimum atomic E-state index is -0.217. The molecular weight excluding hydrogens is 386 g/mol. The second kappa shape index (κ2) is 9.53. The van der Waals surface area contributed by atoms with Crippen molar-refractivity contribution in [2.45, 2.75) is 6.54 Å². The lowest BCUT2D eigenvalue weighted by Crippen LogP contribution is -2.53. The quantitative estimate of drug-likeness (QED) is 0.752. The van der Waals surface area contributed by atoms with Crippen LogP contribution in [0.15, 0.2) is 48.5 Å². The van der Waals surface area contributed by atoms with Gasteiger partial charge in [0, 0.05) is 64.5 Å². The summed E-state index contributed by atoms with van der Waals surface area (Å²) in [7, 11) is 0. The molecule has 0 spiro atoms. The largest absolute Gasteiger partial charge is 0.366 e. The summed E-state index contributed by atoms with van der Waals surface area (Å²) in [5, 5.41) is 0. The zero-order chi connectivity index (χ0) is 20.9. The molecule has 0 atom stereocenters. The van der Waals surface area contributed by atoms with Crippen LogP contribution in [0.2, 0.25) is 0 Å². The Labute approximate surface area is 176 Å². The van der Waals surface area contributed by atoms with Gasteiger partial charge < -0.3 is 9.80 Å². The summed E-state index contributed by atoms with van der Waals surface area (Å²) >= 11 is 0. The summed E-state index contributed by atoms with van der Waals surface area (Å²) < 4.78 is 27.8. The third-order valence-electron chi connectivity index (χ3n) is 6.00. The first kappa shape index (κ1) is 20.8. The van der Waals surface area contributed by atoms with Gasteiger partial charge in [-0.05, 0) is 18.2 Å². The zero-order valence-electron chi connectivity index (χ0n) is 17.1. The van der Waals surface area contributed by atoms with Crippen molar-refractivity contribution in [2.24, 2.45) is 0 Å². The molecule has 30 heavy (non-hydrogen) atoms. The molecule has 0 saturated carbocycles.